The fraction of sp³-hybridized carbons (Fsp3) is 0.200. The Morgan fingerprint density at radius 2 is 2.05 bits per heavy atom. The maximum atomic E-state index is 12.0. The van der Waals surface area contributed by atoms with E-state index in [1.807, 2.05) is 18.2 Å². The Morgan fingerprint density at radius 1 is 1.29 bits per heavy atom. The standard InChI is InChI=1S/C15H17N3O3/c1-21-10-11-4-2-3-5-13(11)17-14(19)9-18-8-12(16)6-7-15(18)20/h2-8H,9-10,16H2,1H3,(H,17,19). The van der Waals surface area contributed by atoms with E-state index >= 15 is 0 Å². The van der Waals surface area contributed by atoms with Crippen molar-refractivity contribution in [3.8, 4) is 0 Å². The van der Waals surface area contributed by atoms with Crippen molar-refractivity contribution < 1.29 is 9.53 Å². The van der Waals surface area contributed by atoms with Crippen LogP contribution in [-0.2, 0) is 22.7 Å². The van der Waals surface area contributed by atoms with Crippen molar-refractivity contribution in [1.29, 1.82) is 0 Å². The van der Waals surface area contributed by atoms with Crippen molar-refractivity contribution in [3.63, 3.8) is 0 Å². The predicted molar refractivity (Wildman–Crippen MR) is 80.9 cm³/mol. The normalized spacial score (nSPS) is 10.3. The number of hydrogen-bond acceptors (Lipinski definition) is 4. The van der Waals surface area contributed by atoms with Crippen molar-refractivity contribution in [1.82, 2.24) is 4.57 Å². The highest BCUT2D eigenvalue weighted by Crippen LogP contribution is 2.15. The molecule has 0 radical (unpaired) electrons. The lowest BCUT2D eigenvalue weighted by Crippen LogP contribution is -2.27. The molecular weight excluding hydrogens is 270 g/mol. The van der Waals surface area contributed by atoms with E-state index in [2.05, 4.69) is 5.32 Å². The number of pyridine rings is 1. The second-order valence-corrected chi connectivity index (χ2v) is 4.57. The molecule has 0 aliphatic heterocycles. The molecular formula is C15H17N3O3. The zero-order chi connectivity index (χ0) is 15.2. The van der Waals surface area contributed by atoms with Gasteiger partial charge in [0.05, 0.1) is 6.61 Å². The first kappa shape index (κ1) is 14.8. The lowest BCUT2D eigenvalue weighted by molar-refractivity contribution is -0.116. The summed E-state index contributed by atoms with van der Waals surface area (Å²) in [4.78, 5) is 23.7. The molecule has 1 heterocycles. The number of methoxy groups -OCH3 is 1. The highest BCUT2D eigenvalue weighted by molar-refractivity contribution is 5.91. The fourth-order valence-corrected chi connectivity index (χ4v) is 1.94. The van der Waals surface area contributed by atoms with Crippen LogP contribution in [0.3, 0.4) is 0 Å². The molecule has 110 valence electrons. The summed E-state index contributed by atoms with van der Waals surface area (Å²) >= 11 is 0. The fourth-order valence-electron chi connectivity index (χ4n) is 1.94. The van der Waals surface area contributed by atoms with Gasteiger partial charge in [0.15, 0.2) is 0 Å². The van der Waals surface area contributed by atoms with E-state index in [-0.39, 0.29) is 18.0 Å². The number of nitrogen functional groups attached to an aromatic ring is 1. The summed E-state index contributed by atoms with van der Waals surface area (Å²) in [6, 6.07) is 10.2. The van der Waals surface area contributed by atoms with Crippen molar-refractivity contribution in [2.75, 3.05) is 18.2 Å². The number of nitrogens with two attached hydrogens (primary N) is 1. The zero-order valence-electron chi connectivity index (χ0n) is 11.7. The third-order valence-corrected chi connectivity index (χ3v) is 2.91. The maximum absolute atomic E-state index is 12.0. The second-order valence-electron chi connectivity index (χ2n) is 4.57. The average Bonchev–Trinajstić information content (AvgIpc) is 2.45. The van der Waals surface area contributed by atoms with E-state index in [4.69, 9.17) is 10.5 Å². The van der Waals surface area contributed by atoms with Crippen LogP contribution in [0.2, 0.25) is 0 Å². The molecule has 2 aromatic rings. The van der Waals surface area contributed by atoms with E-state index in [1.54, 1.807) is 13.2 Å². The topological polar surface area (TPSA) is 86.3 Å². The zero-order valence-corrected chi connectivity index (χ0v) is 11.7. The van der Waals surface area contributed by atoms with Crippen molar-refractivity contribution in [2.45, 2.75) is 13.2 Å². The molecule has 1 amide bonds. The smallest absolute Gasteiger partial charge is 0.251 e. The van der Waals surface area contributed by atoms with Gasteiger partial charge < -0.3 is 20.4 Å². The summed E-state index contributed by atoms with van der Waals surface area (Å²) in [6.45, 7) is 0.305. The quantitative estimate of drug-likeness (QED) is 0.865. The number of carbonyl (C=O) groups is 1. The van der Waals surface area contributed by atoms with Crippen LogP contribution >= 0.6 is 0 Å². The van der Waals surface area contributed by atoms with Gasteiger partial charge in [-0.3, -0.25) is 9.59 Å². The lowest BCUT2D eigenvalue weighted by atomic mass is 10.2. The number of nitrogens with one attached hydrogen (secondary N) is 1. The number of carbonyl (C=O) groups excluding carboxylic acids is 1. The summed E-state index contributed by atoms with van der Waals surface area (Å²) in [5.74, 6) is -0.300. The van der Waals surface area contributed by atoms with Gasteiger partial charge >= 0.3 is 0 Å². The number of rotatable bonds is 5. The summed E-state index contributed by atoms with van der Waals surface area (Å²) in [6.07, 6.45) is 1.45. The largest absolute Gasteiger partial charge is 0.398 e. The van der Waals surface area contributed by atoms with Crippen LogP contribution in [0.15, 0.2) is 47.4 Å². The first-order chi connectivity index (χ1) is 10.1. The van der Waals surface area contributed by atoms with Crippen LogP contribution in [-0.4, -0.2) is 17.6 Å². The highest BCUT2D eigenvalue weighted by Gasteiger charge is 2.08. The van der Waals surface area contributed by atoms with Crippen molar-refractivity contribution >= 4 is 17.3 Å². The Morgan fingerprint density at radius 3 is 2.81 bits per heavy atom. The number of amides is 1. The Kier molecular flexibility index (Phi) is 4.73. The number of aromatic nitrogens is 1. The average molecular weight is 287 g/mol. The van der Waals surface area contributed by atoms with Gasteiger partial charge in [-0.15, -0.1) is 0 Å². The molecule has 0 saturated carbocycles. The van der Waals surface area contributed by atoms with E-state index in [0.29, 0.717) is 18.0 Å². The molecule has 3 N–H and O–H groups in total. The maximum Gasteiger partial charge on any atom is 0.251 e. The molecule has 0 aliphatic carbocycles. The number of nitrogens with zero attached hydrogens (tertiary/aromatic N) is 1. The second kappa shape index (κ2) is 6.71. The van der Waals surface area contributed by atoms with Crippen LogP contribution in [0.4, 0.5) is 11.4 Å². The Labute approximate surface area is 122 Å². The van der Waals surface area contributed by atoms with Gasteiger partial charge in [-0.25, -0.2) is 0 Å². The number of hydrogen-bond donors (Lipinski definition) is 2. The van der Waals surface area contributed by atoms with E-state index < -0.39 is 0 Å². The van der Waals surface area contributed by atoms with Gasteiger partial charge in [0.1, 0.15) is 6.54 Å². The van der Waals surface area contributed by atoms with Gasteiger partial charge in [-0.05, 0) is 12.1 Å². The van der Waals surface area contributed by atoms with Crippen LogP contribution in [0, 0.1) is 0 Å². The molecule has 0 saturated heterocycles. The molecule has 0 fully saturated rings. The SMILES string of the molecule is COCc1ccccc1NC(=O)Cn1cc(N)ccc1=O. The van der Waals surface area contributed by atoms with E-state index in [9.17, 15) is 9.59 Å². The van der Waals surface area contributed by atoms with Crippen molar-refractivity contribution in [2.24, 2.45) is 0 Å². The molecule has 0 bridgehead atoms. The Balaban J connectivity index is 2.12. The molecule has 1 aromatic heterocycles. The van der Waals surface area contributed by atoms with Gasteiger partial charge in [-0.1, -0.05) is 18.2 Å². The predicted octanol–water partition coefficient (Wildman–Crippen LogP) is 1.22. The minimum absolute atomic E-state index is 0.0921. The highest BCUT2D eigenvalue weighted by atomic mass is 16.5. The number of ether oxygens (including phenoxy) is 1. The minimum Gasteiger partial charge on any atom is -0.398 e. The van der Waals surface area contributed by atoms with Crippen LogP contribution in [0.25, 0.3) is 0 Å². The van der Waals surface area contributed by atoms with Gasteiger partial charge in [-0.2, -0.15) is 0 Å². The monoisotopic (exact) mass is 287 g/mol. The molecule has 0 spiro atoms. The summed E-state index contributed by atoms with van der Waals surface area (Å²) in [5, 5.41) is 2.77. The lowest BCUT2D eigenvalue weighted by Gasteiger charge is -2.11. The van der Waals surface area contributed by atoms with Gasteiger partial charge in [0, 0.05) is 36.3 Å². The summed E-state index contributed by atoms with van der Waals surface area (Å²) < 4.78 is 6.35. The van der Waals surface area contributed by atoms with E-state index in [1.165, 1.54) is 22.9 Å². The third-order valence-electron chi connectivity index (χ3n) is 2.91. The van der Waals surface area contributed by atoms with Crippen LogP contribution in [0.5, 0.6) is 0 Å². The third kappa shape index (κ3) is 3.93. The summed E-state index contributed by atoms with van der Waals surface area (Å²) in [5.41, 5.74) is 7.31. The Hall–Kier alpha value is -2.60. The molecule has 1 aromatic carbocycles. The minimum atomic E-state index is -0.300. The molecule has 6 nitrogen and oxygen atoms in total. The molecule has 0 unspecified atom stereocenters. The first-order valence-electron chi connectivity index (χ1n) is 6.43. The molecule has 21 heavy (non-hydrogen) atoms. The Bertz CT molecular complexity index is 695. The number of benzene rings is 1. The van der Waals surface area contributed by atoms with Gasteiger partial charge in [0.2, 0.25) is 5.91 Å². The van der Waals surface area contributed by atoms with E-state index in [0.717, 1.165) is 5.56 Å². The number of anilines is 2. The molecule has 2 rings (SSSR count). The first-order valence-corrected chi connectivity index (χ1v) is 6.43. The van der Waals surface area contributed by atoms with Crippen LogP contribution in [0.1, 0.15) is 5.56 Å². The molecule has 0 atom stereocenters. The number of para-hydroxylation sites is 1. The van der Waals surface area contributed by atoms with Crippen LogP contribution < -0.4 is 16.6 Å². The molecule has 6 heteroatoms. The van der Waals surface area contributed by atoms with Gasteiger partial charge in [0.25, 0.3) is 5.56 Å². The summed E-state index contributed by atoms with van der Waals surface area (Å²) in [7, 11) is 1.59. The van der Waals surface area contributed by atoms with Crippen molar-refractivity contribution in [3.05, 3.63) is 58.5 Å². The molecule has 0 aliphatic rings.